The third kappa shape index (κ3) is 2.99. The van der Waals surface area contributed by atoms with Crippen LogP contribution in [0.5, 0.6) is 0 Å². The zero-order chi connectivity index (χ0) is 14.2. The molecule has 2 rings (SSSR count). The summed E-state index contributed by atoms with van der Waals surface area (Å²) in [5.41, 5.74) is -0.747. The smallest absolute Gasteiger partial charge is 0.266 e. The number of nitrogens with zero attached hydrogens (tertiary/aromatic N) is 2. The SMILES string of the molecule is O=C(NS(=O)(=O)C1CC1)c1ccc([N+](=O)[O-])c(Cl)n1. The zero-order valence-electron chi connectivity index (χ0n) is 9.37. The average Bonchev–Trinajstić information content (AvgIpc) is 3.11. The van der Waals surface area contributed by atoms with Crippen molar-refractivity contribution in [3.8, 4) is 0 Å². The quantitative estimate of drug-likeness (QED) is 0.500. The summed E-state index contributed by atoms with van der Waals surface area (Å²) in [6.45, 7) is 0. The molecule has 1 saturated carbocycles. The van der Waals surface area contributed by atoms with Crippen LogP contribution in [-0.2, 0) is 10.0 Å². The number of hydrogen-bond donors (Lipinski definition) is 1. The van der Waals surface area contributed by atoms with E-state index >= 15 is 0 Å². The molecular weight excluding hydrogens is 298 g/mol. The van der Waals surface area contributed by atoms with E-state index < -0.39 is 36.9 Å². The van der Waals surface area contributed by atoms with E-state index in [9.17, 15) is 23.3 Å². The number of nitrogens with one attached hydrogen (secondary N) is 1. The number of nitro groups is 1. The van der Waals surface area contributed by atoms with Crippen molar-refractivity contribution in [2.24, 2.45) is 0 Å². The van der Waals surface area contributed by atoms with Crippen molar-refractivity contribution in [1.82, 2.24) is 9.71 Å². The molecule has 1 aromatic heterocycles. The summed E-state index contributed by atoms with van der Waals surface area (Å²) in [6, 6.07) is 2.04. The summed E-state index contributed by atoms with van der Waals surface area (Å²) in [6.07, 6.45) is 1.02. The number of aromatic nitrogens is 1. The lowest BCUT2D eigenvalue weighted by atomic mass is 10.3. The number of rotatable bonds is 4. The second-order valence-electron chi connectivity index (χ2n) is 3.94. The summed E-state index contributed by atoms with van der Waals surface area (Å²) in [4.78, 5) is 24.9. The van der Waals surface area contributed by atoms with E-state index in [0.717, 1.165) is 12.1 Å². The number of sulfonamides is 1. The molecule has 10 heteroatoms. The van der Waals surface area contributed by atoms with E-state index in [1.807, 2.05) is 4.72 Å². The Balaban J connectivity index is 2.20. The van der Waals surface area contributed by atoms with Crippen LogP contribution < -0.4 is 4.72 Å². The topological polar surface area (TPSA) is 119 Å². The molecule has 0 saturated heterocycles. The number of carbonyl (C=O) groups is 1. The molecule has 0 aromatic carbocycles. The van der Waals surface area contributed by atoms with Gasteiger partial charge in [-0.15, -0.1) is 0 Å². The van der Waals surface area contributed by atoms with Gasteiger partial charge in [0.25, 0.3) is 5.91 Å². The van der Waals surface area contributed by atoms with Gasteiger partial charge in [0.15, 0.2) is 0 Å². The van der Waals surface area contributed by atoms with Crippen LogP contribution >= 0.6 is 11.6 Å². The normalized spacial score (nSPS) is 15.0. The Labute approximate surface area is 113 Å². The molecule has 1 aliphatic carbocycles. The predicted molar refractivity (Wildman–Crippen MR) is 65.3 cm³/mol. The molecule has 1 heterocycles. The van der Waals surface area contributed by atoms with Crippen LogP contribution in [-0.4, -0.2) is 29.5 Å². The van der Waals surface area contributed by atoms with Crippen molar-refractivity contribution in [2.75, 3.05) is 0 Å². The second kappa shape index (κ2) is 4.74. The monoisotopic (exact) mass is 305 g/mol. The van der Waals surface area contributed by atoms with Crippen LogP contribution in [0.2, 0.25) is 5.15 Å². The number of halogens is 1. The van der Waals surface area contributed by atoms with Crippen LogP contribution in [0.15, 0.2) is 12.1 Å². The first kappa shape index (κ1) is 13.7. The van der Waals surface area contributed by atoms with Crippen LogP contribution in [0.3, 0.4) is 0 Å². The van der Waals surface area contributed by atoms with Crippen molar-refractivity contribution >= 4 is 33.2 Å². The maximum atomic E-state index is 11.6. The minimum Gasteiger partial charge on any atom is -0.266 e. The van der Waals surface area contributed by atoms with Gasteiger partial charge in [-0.05, 0) is 18.9 Å². The highest BCUT2D eigenvalue weighted by Crippen LogP contribution is 2.27. The van der Waals surface area contributed by atoms with Crippen LogP contribution in [0.4, 0.5) is 5.69 Å². The Morgan fingerprint density at radius 1 is 1.47 bits per heavy atom. The second-order valence-corrected chi connectivity index (χ2v) is 6.26. The first-order valence-electron chi connectivity index (χ1n) is 5.18. The maximum absolute atomic E-state index is 11.6. The molecule has 1 aromatic rings. The molecule has 0 aliphatic heterocycles. The Hall–Kier alpha value is -1.74. The van der Waals surface area contributed by atoms with Crippen molar-refractivity contribution in [3.63, 3.8) is 0 Å². The lowest BCUT2D eigenvalue weighted by Gasteiger charge is -2.05. The molecule has 1 fully saturated rings. The number of carbonyl (C=O) groups excluding carboxylic acids is 1. The number of amides is 1. The summed E-state index contributed by atoms with van der Waals surface area (Å²) in [5, 5.41) is 9.49. The number of hydrogen-bond acceptors (Lipinski definition) is 6. The van der Waals surface area contributed by atoms with Gasteiger partial charge in [-0.1, -0.05) is 11.6 Å². The lowest BCUT2D eigenvalue weighted by Crippen LogP contribution is -2.33. The fraction of sp³-hybridized carbons (Fsp3) is 0.333. The molecule has 1 N–H and O–H groups in total. The van der Waals surface area contributed by atoms with Gasteiger partial charge < -0.3 is 0 Å². The molecule has 0 bridgehead atoms. The largest absolute Gasteiger partial charge is 0.306 e. The minimum atomic E-state index is -3.69. The van der Waals surface area contributed by atoms with E-state index in [-0.39, 0.29) is 5.69 Å². The first-order chi connectivity index (χ1) is 8.81. The van der Waals surface area contributed by atoms with Gasteiger partial charge in [-0.2, -0.15) is 0 Å². The van der Waals surface area contributed by atoms with Gasteiger partial charge >= 0.3 is 5.69 Å². The number of pyridine rings is 1. The first-order valence-corrected chi connectivity index (χ1v) is 7.10. The van der Waals surface area contributed by atoms with Crippen molar-refractivity contribution in [2.45, 2.75) is 18.1 Å². The van der Waals surface area contributed by atoms with Crippen molar-refractivity contribution in [3.05, 3.63) is 33.1 Å². The van der Waals surface area contributed by atoms with E-state index in [4.69, 9.17) is 11.6 Å². The summed E-state index contributed by atoms with van der Waals surface area (Å²) < 4.78 is 24.9. The Morgan fingerprint density at radius 2 is 2.11 bits per heavy atom. The Bertz CT molecular complexity index is 656. The van der Waals surface area contributed by atoms with E-state index in [0.29, 0.717) is 12.8 Å². The Kier molecular flexibility index (Phi) is 3.42. The Morgan fingerprint density at radius 3 is 2.58 bits per heavy atom. The molecular formula is C9H8ClN3O5S. The third-order valence-corrected chi connectivity index (χ3v) is 4.55. The summed E-state index contributed by atoms with van der Waals surface area (Å²) in [7, 11) is -3.69. The molecule has 0 radical (unpaired) electrons. The highest BCUT2D eigenvalue weighted by Gasteiger charge is 2.37. The zero-order valence-corrected chi connectivity index (χ0v) is 10.9. The van der Waals surface area contributed by atoms with Gasteiger partial charge in [-0.3, -0.25) is 14.9 Å². The maximum Gasteiger partial charge on any atom is 0.306 e. The molecule has 1 amide bonds. The van der Waals surface area contributed by atoms with Gasteiger partial charge in [-0.25, -0.2) is 18.1 Å². The standard InChI is InChI=1S/C9H8ClN3O5S/c10-8-7(13(15)16)4-3-6(11-8)9(14)12-19(17,18)5-1-2-5/h3-5H,1-2H2,(H,12,14). The van der Waals surface area contributed by atoms with Crippen molar-refractivity contribution < 1.29 is 18.1 Å². The average molecular weight is 306 g/mol. The molecule has 19 heavy (non-hydrogen) atoms. The highest BCUT2D eigenvalue weighted by molar-refractivity contribution is 7.91. The molecule has 0 unspecified atom stereocenters. The minimum absolute atomic E-state index is 0.292. The molecule has 8 nitrogen and oxygen atoms in total. The third-order valence-electron chi connectivity index (χ3n) is 2.46. The summed E-state index contributed by atoms with van der Waals surface area (Å²) in [5.74, 6) is -0.955. The van der Waals surface area contributed by atoms with Crippen molar-refractivity contribution in [1.29, 1.82) is 0 Å². The predicted octanol–water partition coefficient (Wildman–Crippen LogP) is 0.865. The fourth-order valence-corrected chi connectivity index (χ4v) is 2.84. The molecule has 0 atom stereocenters. The van der Waals surface area contributed by atoms with Gasteiger partial charge in [0, 0.05) is 6.07 Å². The summed E-state index contributed by atoms with van der Waals surface area (Å²) >= 11 is 5.53. The van der Waals surface area contributed by atoms with E-state index in [1.54, 1.807) is 0 Å². The molecule has 0 spiro atoms. The lowest BCUT2D eigenvalue weighted by molar-refractivity contribution is -0.385. The fourth-order valence-electron chi connectivity index (χ4n) is 1.33. The van der Waals surface area contributed by atoms with Gasteiger partial charge in [0.1, 0.15) is 5.69 Å². The van der Waals surface area contributed by atoms with Crippen LogP contribution in [0.25, 0.3) is 0 Å². The highest BCUT2D eigenvalue weighted by atomic mass is 35.5. The van der Waals surface area contributed by atoms with Gasteiger partial charge in [0.05, 0.1) is 10.2 Å². The van der Waals surface area contributed by atoms with Crippen LogP contribution in [0, 0.1) is 10.1 Å². The molecule has 1 aliphatic rings. The van der Waals surface area contributed by atoms with E-state index in [1.165, 1.54) is 0 Å². The molecule has 102 valence electrons. The van der Waals surface area contributed by atoms with Gasteiger partial charge in [0.2, 0.25) is 15.2 Å². The van der Waals surface area contributed by atoms with Crippen LogP contribution in [0.1, 0.15) is 23.3 Å². The van der Waals surface area contributed by atoms with E-state index in [2.05, 4.69) is 4.98 Å².